The second-order valence-corrected chi connectivity index (χ2v) is 6.84. The predicted octanol–water partition coefficient (Wildman–Crippen LogP) is 5.24. The molecule has 1 atom stereocenters. The van der Waals surface area contributed by atoms with Crippen molar-refractivity contribution >= 4 is 27.7 Å². The van der Waals surface area contributed by atoms with E-state index in [9.17, 15) is 0 Å². The van der Waals surface area contributed by atoms with Crippen molar-refractivity contribution in [2.75, 3.05) is 0 Å². The van der Waals surface area contributed by atoms with Gasteiger partial charge in [-0.05, 0) is 50.1 Å². The van der Waals surface area contributed by atoms with Crippen molar-refractivity contribution in [1.82, 2.24) is 0 Å². The van der Waals surface area contributed by atoms with Gasteiger partial charge in [-0.2, -0.15) is 0 Å². The number of rotatable bonds is 3. The molecule has 2 N–H and O–H groups in total. The first-order chi connectivity index (χ1) is 8.97. The van der Waals surface area contributed by atoms with E-state index < -0.39 is 0 Å². The lowest BCUT2D eigenvalue weighted by molar-refractivity contribution is 0.797. The van der Waals surface area contributed by atoms with Gasteiger partial charge in [-0.3, -0.25) is 0 Å². The van der Waals surface area contributed by atoms with E-state index in [4.69, 9.17) is 5.73 Å². The van der Waals surface area contributed by atoms with Crippen LogP contribution in [-0.2, 0) is 0 Å². The minimum Gasteiger partial charge on any atom is -0.324 e. The number of benzene rings is 2. The largest absolute Gasteiger partial charge is 0.324 e. The molecule has 1 nitrogen and oxygen atoms in total. The zero-order valence-electron chi connectivity index (χ0n) is 11.4. The van der Waals surface area contributed by atoms with Gasteiger partial charge in [0.1, 0.15) is 0 Å². The molecular weight excluding hydrogens is 318 g/mol. The first-order valence-corrected chi connectivity index (χ1v) is 7.88. The van der Waals surface area contributed by atoms with Crippen LogP contribution < -0.4 is 5.73 Å². The monoisotopic (exact) mass is 335 g/mol. The van der Waals surface area contributed by atoms with E-state index in [-0.39, 0.29) is 6.04 Å². The van der Waals surface area contributed by atoms with Crippen LogP contribution in [0.2, 0.25) is 0 Å². The Labute approximate surface area is 127 Å². The van der Waals surface area contributed by atoms with Crippen LogP contribution in [0.25, 0.3) is 0 Å². The molecule has 2 aromatic rings. The molecular formula is C16H18BrNS. The summed E-state index contributed by atoms with van der Waals surface area (Å²) in [7, 11) is 0. The summed E-state index contributed by atoms with van der Waals surface area (Å²) < 4.78 is 1.09. The molecule has 0 fully saturated rings. The van der Waals surface area contributed by atoms with Crippen LogP contribution in [0.1, 0.15) is 29.7 Å². The molecule has 0 aliphatic heterocycles. The van der Waals surface area contributed by atoms with E-state index in [1.165, 1.54) is 26.5 Å². The summed E-state index contributed by atoms with van der Waals surface area (Å²) in [6.45, 7) is 6.29. The van der Waals surface area contributed by atoms with E-state index in [0.717, 1.165) is 4.47 Å². The average Bonchev–Trinajstić information content (AvgIpc) is 2.32. The molecule has 3 heteroatoms. The minimum atomic E-state index is 0.0429. The summed E-state index contributed by atoms with van der Waals surface area (Å²) in [4.78, 5) is 2.50. The third-order valence-corrected chi connectivity index (χ3v) is 4.76. The molecule has 2 aromatic carbocycles. The predicted molar refractivity (Wildman–Crippen MR) is 86.8 cm³/mol. The van der Waals surface area contributed by atoms with Crippen LogP contribution in [-0.4, -0.2) is 0 Å². The molecule has 1 unspecified atom stereocenters. The Balaban J connectivity index is 2.39. The van der Waals surface area contributed by atoms with Crippen molar-refractivity contribution in [3.8, 4) is 0 Å². The first kappa shape index (κ1) is 14.6. The van der Waals surface area contributed by atoms with Crippen LogP contribution in [0, 0.1) is 13.8 Å². The van der Waals surface area contributed by atoms with Crippen LogP contribution >= 0.6 is 27.7 Å². The van der Waals surface area contributed by atoms with Gasteiger partial charge in [0.25, 0.3) is 0 Å². The normalized spacial score (nSPS) is 12.5. The maximum absolute atomic E-state index is 6.05. The lowest BCUT2D eigenvalue weighted by atomic mass is 10.1. The Bertz CT molecular complexity index is 593. The molecule has 0 saturated heterocycles. The maximum Gasteiger partial charge on any atom is 0.0277 e. The van der Waals surface area contributed by atoms with Gasteiger partial charge < -0.3 is 5.73 Å². The van der Waals surface area contributed by atoms with Gasteiger partial charge in [0.2, 0.25) is 0 Å². The van der Waals surface area contributed by atoms with E-state index in [2.05, 4.69) is 60.1 Å². The Hall–Kier alpha value is -0.770. The van der Waals surface area contributed by atoms with Crippen molar-refractivity contribution in [3.05, 3.63) is 57.6 Å². The number of nitrogens with two attached hydrogens (primary N) is 1. The lowest BCUT2D eigenvalue weighted by Crippen LogP contribution is -2.06. The lowest BCUT2D eigenvalue weighted by Gasteiger charge is -2.14. The quantitative estimate of drug-likeness (QED) is 0.830. The molecule has 0 amide bonds. The van der Waals surface area contributed by atoms with Crippen molar-refractivity contribution in [2.45, 2.75) is 36.6 Å². The van der Waals surface area contributed by atoms with Crippen molar-refractivity contribution < 1.29 is 0 Å². The van der Waals surface area contributed by atoms with Gasteiger partial charge in [-0.25, -0.2) is 0 Å². The maximum atomic E-state index is 6.05. The highest BCUT2D eigenvalue weighted by Crippen LogP contribution is 2.36. The van der Waals surface area contributed by atoms with Crippen LogP contribution in [0.5, 0.6) is 0 Å². The van der Waals surface area contributed by atoms with E-state index in [0.29, 0.717) is 0 Å². The topological polar surface area (TPSA) is 26.0 Å². The molecule has 0 aliphatic rings. The Morgan fingerprint density at radius 1 is 1.05 bits per heavy atom. The van der Waals surface area contributed by atoms with E-state index >= 15 is 0 Å². The molecule has 0 bridgehead atoms. The highest BCUT2D eigenvalue weighted by atomic mass is 79.9. The second kappa shape index (κ2) is 6.12. The minimum absolute atomic E-state index is 0.0429. The fraction of sp³-hybridized carbons (Fsp3) is 0.250. The number of halogens is 1. The first-order valence-electron chi connectivity index (χ1n) is 6.27. The molecule has 0 heterocycles. The van der Waals surface area contributed by atoms with Crippen molar-refractivity contribution in [1.29, 1.82) is 0 Å². The zero-order chi connectivity index (χ0) is 14.0. The summed E-state index contributed by atoms with van der Waals surface area (Å²) in [5.41, 5.74) is 9.84. The molecule has 0 aromatic heterocycles. The average molecular weight is 336 g/mol. The summed E-state index contributed by atoms with van der Waals surface area (Å²) in [6.07, 6.45) is 0. The van der Waals surface area contributed by atoms with Gasteiger partial charge in [0, 0.05) is 20.3 Å². The van der Waals surface area contributed by atoms with Crippen LogP contribution in [0.4, 0.5) is 0 Å². The molecule has 19 heavy (non-hydrogen) atoms. The highest BCUT2D eigenvalue weighted by Gasteiger charge is 2.10. The highest BCUT2D eigenvalue weighted by molar-refractivity contribution is 9.10. The fourth-order valence-electron chi connectivity index (χ4n) is 2.01. The molecule has 100 valence electrons. The molecule has 0 aliphatic carbocycles. The summed E-state index contributed by atoms with van der Waals surface area (Å²) in [6, 6.07) is 12.9. The summed E-state index contributed by atoms with van der Waals surface area (Å²) in [5.74, 6) is 0. The van der Waals surface area contributed by atoms with Gasteiger partial charge in [0.05, 0.1) is 0 Å². The SMILES string of the molecule is Cc1ccc(Sc2cc(Br)ccc2C(C)N)c(C)c1. The van der Waals surface area contributed by atoms with Crippen molar-refractivity contribution in [2.24, 2.45) is 5.73 Å². The molecule has 0 saturated carbocycles. The third-order valence-electron chi connectivity index (χ3n) is 3.02. The number of hydrogen-bond donors (Lipinski definition) is 1. The smallest absolute Gasteiger partial charge is 0.0277 e. The van der Waals surface area contributed by atoms with Crippen molar-refractivity contribution in [3.63, 3.8) is 0 Å². The third kappa shape index (κ3) is 3.62. The molecule has 0 radical (unpaired) electrons. The zero-order valence-corrected chi connectivity index (χ0v) is 13.8. The van der Waals surface area contributed by atoms with Gasteiger partial charge in [-0.1, -0.05) is 51.5 Å². The van der Waals surface area contributed by atoms with Gasteiger partial charge in [0.15, 0.2) is 0 Å². The standard InChI is InChI=1S/C16H18BrNS/c1-10-4-7-15(11(2)8-10)19-16-9-13(17)5-6-14(16)12(3)18/h4-9,12H,18H2,1-3H3. The van der Waals surface area contributed by atoms with Crippen LogP contribution in [0.3, 0.4) is 0 Å². The summed E-state index contributed by atoms with van der Waals surface area (Å²) >= 11 is 5.32. The van der Waals surface area contributed by atoms with Gasteiger partial charge >= 0.3 is 0 Å². The molecule has 2 rings (SSSR count). The Kier molecular flexibility index (Phi) is 4.71. The van der Waals surface area contributed by atoms with Crippen LogP contribution in [0.15, 0.2) is 50.7 Å². The number of hydrogen-bond acceptors (Lipinski definition) is 2. The van der Waals surface area contributed by atoms with Gasteiger partial charge in [-0.15, -0.1) is 0 Å². The van der Waals surface area contributed by atoms with E-state index in [1.807, 2.05) is 13.0 Å². The van der Waals surface area contributed by atoms with E-state index in [1.54, 1.807) is 11.8 Å². The molecule has 0 spiro atoms. The number of aryl methyl sites for hydroxylation is 2. The Morgan fingerprint density at radius 3 is 2.42 bits per heavy atom. The fourth-order valence-corrected chi connectivity index (χ4v) is 3.67. The second-order valence-electron chi connectivity index (χ2n) is 4.84. The summed E-state index contributed by atoms with van der Waals surface area (Å²) in [5, 5.41) is 0. The Morgan fingerprint density at radius 2 is 1.79 bits per heavy atom.